The summed E-state index contributed by atoms with van der Waals surface area (Å²) in [6, 6.07) is 0. The van der Waals surface area contributed by atoms with Crippen LogP contribution in [0.1, 0.15) is 47.5 Å². The predicted molar refractivity (Wildman–Crippen MR) is 87.0 cm³/mol. The van der Waals surface area contributed by atoms with E-state index in [1.807, 2.05) is 4.90 Å². The zero-order valence-corrected chi connectivity index (χ0v) is 14.7. The van der Waals surface area contributed by atoms with Crippen LogP contribution in [0.4, 0.5) is 0 Å². The molecule has 126 valence electrons. The third-order valence-electron chi connectivity index (χ3n) is 6.95. The molecule has 0 aromatic carbocycles. The van der Waals surface area contributed by atoms with Crippen molar-refractivity contribution >= 4 is 11.8 Å². The fourth-order valence-corrected chi connectivity index (χ4v) is 4.16. The molecule has 0 spiro atoms. The zero-order valence-electron chi connectivity index (χ0n) is 14.7. The van der Waals surface area contributed by atoms with E-state index in [1.165, 1.54) is 0 Å². The Morgan fingerprint density at radius 3 is 2.27 bits per heavy atom. The highest BCUT2D eigenvalue weighted by Gasteiger charge is 2.78. The van der Waals surface area contributed by atoms with E-state index in [4.69, 9.17) is 5.73 Å². The Morgan fingerprint density at radius 2 is 1.77 bits per heavy atom. The molecule has 0 aromatic rings. The summed E-state index contributed by atoms with van der Waals surface area (Å²) >= 11 is 0. The Balaban J connectivity index is 2.05. The van der Waals surface area contributed by atoms with Gasteiger partial charge in [0.15, 0.2) is 0 Å². The largest absolute Gasteiger partial charge is 0.355 e. The van der Waals surface area contributed by atoms with Gasteiger partial charge in [-0.25, -0.2) is 0 Å². The molecule has 2 fully saturated rings. The van der Waals surface area contributed by atoms with Crippen molar-refractivity contribution in [2.75, 3.05) is 26.2 Å². The highest BCUT2D eigenvalue weighted by Crippen LogP contribution is 2.78. The molecule has 1 unspecified atom stereocenters. The molecule has 1 aliphatic heterocycles. The van der Waals surface area contributed by atoms with Crippen LogP contribution in [0.3, 0.4) is 0 Å². The number of hydrogen-bond donors (Lipinski definition) is 2. The molecule has 1 saturated heterocycles. The summed E-state index contributed by atoms with van der Waals surface area (Å²) in [5, 5.41) is 2.85. The first-order valence-corrected chi connectivity index (χ1v) is 8.38. The lowest BCUT2D eigenvalue weighted by molar-refractivity contribution is -0.142. The predicted octanol–water partition coefficient (Wildman–Crippen LogP) is 1.37. The smallest absolute Gasteiger partial charge is 0.229 e. The quantitative estimate of drug-likeness (QED) is 0.823. The van der Waals surface area contributed by atoms with Crippen molar-refractivity contribution < 1.29 is 9.59 Å². The molecule has 2 amide bonds. The van der Waals surface area contributed by atoms with Crippen LogP contribution in [-0.4, -0.2) is 42.9 Å². The number of carbonyl (C=O) groups is 2. The van der Waals surface area contributed by atoms with Crippen molar-refractivity contribution in [3.63, 3.8) is 0 Å². The Hall–Kier alpha value is -1.10. The van der Waals surface area contributed by atoms with Crippen LogP contribution in [0.15, 0.2) is 0 Å². The van der Waals surface area contributed by atoms with E-state index in [0.29, 0.717) is 19.6 Å². The molecule has 3 N–H and O–H groups in total. The van der Waals surface area contributed by atoms with Crippen LogP contribution < -0.4 is 11.1 Å². The average Bonchev–Trinajstić information content (AvgIpc) is 2.81. The van der Waals surface area contributed by atoms with Crippen molar-refractivity contribution in [3.05, 3.63) is 0 Å². The molecule has 5 nitrogen and oxygen atoms in total. The molecular formula is C17H31N3O2. The van der Waals surface area contributed by atoms with Crippen LogP contribution in [0.25, 0.3) is 0 Å². The number of amides is 2. The van der Waals surface area contributed by atoms with Crippen molar-refractivity contribution in [3.8, 4) is 0 Å². The Bertz CT molecular complexity index is 457. The van der Waals surface area contributed by atoms with Gasteiger partial charge < -0.3 is 16.0 Å². The number of hydrogen-bond acceptors (Lipinski definition) is 3. The molecule has 1 atom stereocenters. The van der Waals surface area contributed by atoms with Gasteiger partial charge >= 0.3 is 0 Å². The second-order valence-corrected chi connectivity index (χ2v) is 8.05. The van der Waals surface area contributed by atoms with E-state index in [0.717, 1.165) is 19.4 Å². The molecule has 2 rings (SSSR count). The van der Waals surface area contributed by atoms with Gasteiger partial charge in [0.2, 0.25) is 11.8 Å². The van der Waals surface area contributed by atoms with E-state index in [2.05, 4.69) is 39.9 Å². The van der Waals surface area contributed by atoms with Gasteiger partial charge in [-0.1, -0.05) is 27.7 Å². The summed E-state index contributed by atoms with van der Waals surface area (Å²) in [5.74, 6) is 0.138. The maximum Gasteiger partial charge on any atom is 0.229 e. The summed E-state index contributed by atoms with van der Waals surface area (Å²) in [7, 11) is 0. The number of nitrogens with two attached hydrogens (primary N) is 1. The number of likely N-dealkylation sites (tertiary alicyclic amines) is 1. The summed E-state index contributed by atoms with van der Waals surface area (Å²) in [5.41, 5.74) is 5.07. The van der Waals surface area contributed by atoms with E-state index >= 15 is 0 Å². The van der Waals surface area contributed by atoms with Gasteiger partial charge in [-0.3, -0.25) is 9.59 Å². The zero-order chi connectivity index (χ0) is 16.8. The standard InChI is InChI=1S/C17H31N3O2/c1-15(2)16(3,4)17(15,5)14(22)20-10-6-7-12(11-20)13(21)19-9-8-18/h12H,6-11,18H2,1-5H3,(H,19,21). The lowest BCUT2D eigenvalue weighted by Gasteiger charge is -2.35. The molecule has 22 heavy (non-hydrogen) atoms. The maximum absolute atomic E-state index is 13.1. The van der Waals surface area contributed by atoms with Crippen molar-refractivity contribution in [1.82, 2.24) is 10.2 Å². The molecule has 5 heteroatoms. The van der Waals surface area contributed by atoms with Crippen LogP contribution in [0.2, 0.25) is 0 Å². The highest BCUT2D eigenvalue weighted by atomic mass is 16.2. The molecule has 0 aromatic heterocycles. The van der Waals surface area contributed by atoms with Gasteiger partial charge in [0, 0.05) is 26.2 Å². The van der Waals surface area contributed by atoms with Gasteiger partial charge in [-0.05, 0) is 30.6 Å². The van der Waals surface area contributed by atoms with E-state index < -0.39 is 0 Å². The number of nitrogens with zero attached hydrogens (tertiary/aromatic N) is 1. The van der Waals surface area contributed by atoms with Gasteiger partial charge in [0.05, 0.1) is 11.3 Å². The molecule has 2 aliphatic rings. The second-order valence-electron chi connectivity index (χ2n) is 8.05. The number of nitrogens with one attached hydrogen (secondary N) is 1. The fourth-order valence-electron chi connectivity index (χ4n) is 4.16. The first-order valence-electron chi connectivity index (χ1n) is 8.38. The monoisotopic (exact) mass is 309 g/mol. The summed E-state index contributed by atoms with van der Waals surface area (Å²) in [4.78, 5) is 27.1. The molecule has 0 radical (unpaired) electrons. The van der Waals surface area contributed by atoms with Crippen molar-refractivity contribution in [2.24, 2.45) is 27.9 Å². The lowest BCUT2D eigenvalue weighted by atomic mass is 9.91. The van der Waals surface area contributed by atoms with Crippen LogP contribution in [0, 0.1) is 22.2 Å². The maximum atomic E-state index is 13.1. The first-order chi connectivity index (χ1) is 10.1. The van der Waals surface area contributed by atoms with Crippen molar-refractivity contribution in [1.29, 1.82) is 0 Å². The number of piperidine rings is 1. The van der Waals surface area contributed by atoms with E-state index in [9.17, 15) is 9.59 Å². The fraction of sp³-hybridized carbons (Fsp3) is 0.882. The minimum Gasteiger partial charge on any atom is -0.355 e. The van der Waals surface area contributed by atoms with Crippen molar-refractivity contribution in [2.45, 2.75) is 47.5 Å². The topological polar surface area (TPSA) is 75.4 Å². The second kappa shape index (κ2) is 5.52. The summed E-state index contributed by atoms with van der Waals surface area (Å²) in [6.45, 7) is 13.0. The minimum absolute atomic E-state index is 0.00810. The SMILES string of the molecule is CC1(C)C(C)(C)C1(C)C(=O)N1CCCC(C(=O)NCCN)C1. The molecule has 1 saturated carbocycles. The lowest BCUT2D eigenvalue weighted by Crippen LogP contribution is -2.48. The summed E-state index contributed by atoms with van der Waals surface area (Å²) < 4.78 is 0. The third kappa shape index (κ3) is 2.25. The van der Waals surface area contributed by atoms with Gasteiger partial charge in [0.1, 0.15) is 0 Å². The minimum atomic E-state index is -0.338. The first kappa shape index (κ1) is 17.3. The highest BCUT2D eigenvalue weighted by molar-refractivity contribution is 5.89. The Labute approximate surface area is 134 Å². The van der Waals surface area contributed by atoms with Gasteiger partial charge in [0.25, 0.3) is 0 Å². The van der Waals surface area contributed by atoms with Crippen LogP contribution in [-0.2, 0) is 9.59 Å². The van der Waals surface area contributed by atoms with Crippen LogP contribution in [0.5, 0.6) is 0 Å². The normalized spacial score (nSPS) is 28.1. The van der Waals surface area contributed by atoms with E-state index in [1.54, 1.807) is 0 Å². The Morgan fingerprint density at radius 1 is 1.18 bits per heavy atom. The molecule has 0 bridgehead atoms. The third-order valence-corrected chi connectivity index (χ3v) is 6.95. The average molecular weight is 309 g/mol. The van der Waals surface area contributed by atoms with Gasteiger partial charge in [-0.2, -0.15) is 0 Å². The van der Waals surface area contributed by atoms with Crippen LogP contribution >= 0.6 is 0 Å². The Kier molecular flexibility index (Phi) is 4.33. The summed E-state index contributed by atoms with van der Waals surface area (Å²) in [6.07, 6.45) is 1.74. The number of rotatable bonds is 4. The molecule has 1 aliphatic carbocycles. The molecule has 1 heterocycles. The van der Waals surface area contributed by atoms with E-state index in [-0.39, 0.29) is 34.0 Å². The van der Waals surface area contributed by atoms with Gasteiger partial charge in [-0.15, -0.1) is 0 Å². The number of carbonyl (C=O) groups excluding carboxylic acids is 2. The molecular weight excluding hydrogens is 278 g/mol.